The largest absolute Gasteiger partial charge is 0.494 e. The van der Waals surface area contributed by atoms with Crippen LogP contribution in [-0.4, -0.2) is 92.8 Å². The van der Waals surface area contributed by atoms with Crippen LogP contribution in [0.4, 0.5) is 28.8 Å². The van der Waals surface area contributed by atoms with E-state index in [1.807, 2.05) is 24.1 Å². The van der Waals surface area contributed by atoms with Gasteiger partial charge >= 0.3 is 0 Å². The fourth-order valence-corrected chi connectivity index (χ4v) is 6.68. The number of fused-ring (bicyclic) bond motifs is 2. The van der Waals surface area contributed by atoms with Gasteiger partial charge in [-0.05, 0) is 43.2 Å². The molecule has 4 aliphatic rings. The van der Waals surface area contributed by atoms with Crippen LogP contribution in [0.3, 0.4) is 0 Å². The molecule has 1 atom stereocenters. The molecule has 4 heterocycles. The Kier molecular flexibility index (Phi) is 7.99. The smallest absolute Gasteiger partial charge is 0.249 e. The molecule has 220 valence electrons. The Hall–Kier alpha value is -3.44. The number of carbonyl (C=O) groups is 2. The van der Waals surface area contributed by atoms with E-state index in [2.05, 4.69) is 27.0 Å². The Morgan fingerprint density at radius 2 is 1.93 bits per heavy atom. The van der Waals surface area contributed by atoms with Gasteiger partial charge in [0.25, 0.3) is 0 Å². The van der Waals surface area contributed by atoms with E-state index in [1.165, 1.54) is 25.7 Å². The van der Waals surface area contributed by atoms with E-state index in [4.69, 9.17) is 14.5 Å². The van der Waals surface area contributed by atoms with Gasteiger partial charge in [-0.1, -0.05) is 19.8 Å². The van der Waals surface area contributed by atoms with Crippen molar-refractivity contribution in [3.05, 3.63) is 23.9 Å². The van der Waals surface area contributed by atoms with Crippen LogP contribution < -0.4 is 24.8 Å². The predicted molar refractivity (Wildman–Crippen MR) is 158 cm³/mol. The number of likely N-dealkylation sites (N-methyl/N-ethyl adjacent to an activating group) is 1. The first-order chi connectivity index (χ1) is 20.0. The molecular formula is C30H41N7O4. The number of carbonyl (C=O) groups excluding carboxylic acids is 2. The van der Waals surface area contributed by atoms with Crippen LogP contribution in [0.15, 0.2) is 18.3 Å². The number of aromatic nitrogens is 2. The lowest BCUT2D eigenvalue weighted by Crippen LogP contribution is -2.53. The molecule has 2 amide bonds. The Morgan fingerprint density at radius 1 is 1.15 bits per heavy atom. The van der Waals surface area contributed by atoms with Crippen LogP contribution in [0.5, 0.6) is 5.75 Å². The van der Waals surface area contributed by atoms with Gasteiger partial charge in [-0.15, -0.1) is 0 Å². The number of nitrogens with one attached hydrogen (secondary N) is 1. The van der Waals surface area contributed by atoms with Crippen molar-refractivity contribution in [2.75, 3.05) is 80.1 Å². The summed E-state index contributed by atoms with van der Waals surface area (Å²) in [4.78, 5) is 43.9. The summed E-state index contributed by atoms with van der Waals surface area (Å²) in [7, 11) is 3.44. The normalized spacial score (nSPS) is 21.3. The molecule has 1 saturated heterocycles. The molecule has 0 spiro atoms. The molecule has 1 N–H and O–H groups in total. The standard InChI is InChI=1S/C30H41N7O4/c1-4-23-29(39)34(2)25-17-31-30(33-28(25)37(23)18-20-7-5-6-8-20)32-22-15-21-9-10-36(24(21)16-26(22)40-3)27(38)19-35-11-13-41-14-12-35/h15-17,20,23H,4-14,18-19H2,1-3H3,(H,31,32,33)/t23-/m1/s1. The average Bonchev–Trinajstić information content (AvgIpc) is 3.66. The summed E-state index contributed by atoms with van der Waals surface area (Å²) in [5.74, 6) is 2.63. The molecule has 6 rings (SSSR count). The first-order valence-electron chi connectivity index (χ1n) is 15.0. The molecule has 3 aliphatic heterocycles. The molecule has 1 saturated carbocycles. The molecule has 2 fully saturated rings. The first kappa shape index (κ1) is 27.7. The number of morpholine rings is 1. The van der Waals surface area contributed by atoms with E-state index in [0.717, 1.165) is 60.9 Å². The monoisotopic (exact) mass is 563 g/mol. The van der Waals surface area contributed by atoms with E-state index < -0.39 is 0 Å². The highest BCUT2D eigenvalue weighted by atomic mass is 16.5. The van der Waals surface area contributed by atoms with Crippen LogP contribution in [-0.2, 0) is 20.7 Å². The summed E-state index contributed by atoms with van der Waals surface area (Å²) in [6, 6.07) is 3.75. The van der Waals surface area contributed by atoms with Gasteiger partial charge < -0.3 is 29.5 Å². The van der Waals surface area contributed by atoms with Gasteiger partial charge in [-0.25, -0.2) is 4.98 Å². The second-order valence-corrected chi connectivity index (χ2v) is 11.5. The van der Waals surface area contributed by atoms with Crippen molar-refractivity contribution >= 4 is 40.6 Å². The average molecular weight is 564 g/mol. The number of anilines is 5. The number of hydrogen-bond acceptors (Lipinski definition) is 9. The lowest BCUT2D eigenvalue weighted by atomic mass is 10.0. The number of ether oxygens (including phenoxy) is 2. The van der Waals surface area contributed by atoms with Gasteiger partial charge in [0.1, 0.15) is 17.5 Å². The summed E-state index contributed by atoms with van der Waals surface area (Å²) >= 11 is 0. The van der Waals surface area contributed by atoms with E-state index >= 15 is 0 Å². The maximum atomic E-state index is 13.2. The van der Waals surface area contributed by atoms with Crippen LogP contribution in [0.25, 0.3) is 0 Å². The minimum Gasteiger partial charge on any atom is -0.494 e. The third-order valence-corrected chi connectivity index (χ3v) is 9.00. The molecule has 1 aliphatic carbocycles. The van der Waals surface area contributed by atoms with Crippen molar-refractivity contribution in [1.82, 2.24) is 14.9 Å². The van der Waals surface area contributed by atoms with Crippen molar-refractivity contribution in [2.45, 2.75) is 51.5 Å². The minimum absolute atomic E-state index is 0.0929. The second kappa shape index (κ2) is 11.8. The topological polar surface area (TPSA) is 103 Å². The molecule has 1 aromatic carbocycles. The lowest BCUT2D eigenvalue weighted by Gasteiger charge is -2.41. The third-order valence-electron chi connectivity index (χ3n) is 9.00. The predicted octanol–water partition coefficient (Wildman–Crippen LogP) is 3.20. The zero-order chi connectivity index (χ0) is 28.5. The number of rotatable bonds is 8. The second-order valence-electron chi connectivity index (χ2n) is 11.5. The zero-order valence-corrected chi connectivity index (χ0v) is 24.4. The maximum Gasteiger partial charge on any atom is 0.249 e. The van der Waals surface area contributed by atoms with Crippen LogP contribution in [0.2, 0.25) is 0 Å². The highest BCUT2D eigenvalue weighted by Crippen LogP contribution is 2.40. The van der Waals surface area contributed by atoms with Gasteiger partial charge in [0.15, 0.2) is 5.82 Å². The molecule has 11 heteroatoms. The molecular weight excluding hydrogens is 522 g/mol. The fourth-order valence-electron chi connectivity index (χ4n) is 6.68. The molecule has 1 aromatic heterocycles. The Balaban J connectivity index is 1.25. The lowest BCUT2D eigenvalue weighted by molar-refractivity contribution is -0.121. The van der Waals surface area contributed by atoms with E-state index in [0.29, 0.717) is 43.9 Å². The van der Waals surface area contributed by atoms with Gasteiger partial charge in [-0.3, -0.25) is 14.5 Å². The molecule has 41 heavy (non-hydrogen) atoms. The molecule has 11 nitrogen and oxygen atoms in total. The van der Waals surface area contributed by atoms with E-state index in [1.54, 1.807) is 18.2 Å². The summed E-state index contributed by atoms with van der Waals surface area (Å²) in [6.45, 7) is 6.83. The number of benzene rings is 1. The van der Waals surface area contributed by atoms with Crippen LogP contribution >= 0.6 is 0 Å². The third kappa shape index (κ3) is 5.44. The number of nitrogens with zero attached hydrogens (tertiary/aromatic N) is 6. The summed E-state index contributed by atoms with van der Waals surface area (Å²) < 4.78 is 11.2. The molecule has 0 radical (unpaired) electrons. The highest BCUT2D eigenvalue weighted by molar-refractivity contribution is 6.04. The minimum atomic E-state index is -0.230. The van der Waals surface area contributed by atoms with Gasteiger partial charge in [0.2, 0.25) is 17.8 Å². The van der Waals surface area contributed by atoms with E-state index in [-0.39, 0.29) is 17.9 Å². The van der Waals surface area contributed by atoms with Crippen molar-refractivity contribution in [3.8, 4) is 5.75 Å². The Labute approximate surface area is 241 Å². The zero-order valence-electron chi connectivity index (χ0n) is 24.4. The van der Waals surface area contributed by atoms with Gasteiger partial charge in [0.05, 0.1) is 44.4 Å². The molecule has 2 aromatic rings. The Bertz CT molecular complexity index is 1290. The maximum absolute atomic E-state index is 13.2. The fraction of sp³-hybridized carbons (Fsp3) is 0.600. The van der Waals surface area contributed by atoms with Crippen molar-refractivity contribution in [2.24, 2.45) is 5.92 Å². The van der Waals surface area contributed by atoms with Gasteiger partial charge in [-0.2, -0.15) is 4.98 Å². The first-order valence-corrected chi connectivity index (χ1v) is 15.0. The summed E-state index contributed by atoms with van der Waals surface area (Å²) in [5, 5.41) is 3.38. The number of methoxy groups -OCH3 is 1. The van der Waals surface area contributed by atoms with E-state index in [9.17, 15) is 9.59 Å². The summed E-state index contributed by atoms with van der Waals surface area (Å²) in [6.07, 6.45) is 8.13. The molecule has 0 bridgehead atoms. The molecule has 0 unspecified atom stereocenters. The SMILES string of the molecule is CC[C@@H]1C(=O)N(C)c2cnc(Nc3cc4c(cc3OC)N(C(=O)CN3CCOCC3)CC4)nc2N1CC1CCCC1. The van der Waals surface area contributed by atoms with Crippen LogP contribution in [0, 0.1) is 5.92 Å². The van der Waals surface area contributed by atoms with Crippen molar-refractivity contribution in [3.63, 3.8) is 0 Å². The van der Waals surface area contributed by atoms with Crippen LogP contribution in [0.1, 0.15) is 44.6 Å². The highest BCUT2D eigenvalue weighted by Gasteiger charge is 2.38. The van der Waals surface area contributed by atoms with Crippen molar-refractivity contribution < 1.29 is 19.1 Å². The quantitative estimate of drug-likeness (QED) is 0.519. The van der Waals surface area contributed by atoms with Gasteiger partial charge in [0, 0.05) is 39.3 Å². The number of amides is 2. The van der Waals surface area contributed by atoms with Crippen molar-refractivity contribution in [1.29, 1.82) is 0 Å². The number of hydrogen-bond donors (Lipinski definition) is 1. The Morgan fingerprint density at radius 3 is 2.66 bits per heavy atom. The summed E-state index contributed by atoms with van der Waals surface area (Å²) in [5.41, 5.74) is 3.47.